The van der Waals surface area contributed by atoms with Gasteiger partial charge in [0.25, 0.3) is 5.91 Å². The molecule has 1 aliphatic rings. The van der Waals surface area contributed by atoms with Crippen LogP contribution < -0.4 is 0 Å². The average Bonchev–Trinajstić information content (AvgIpc) is 2.74. The van der Waals surface area contributed by atoms with E-state index in [4.69, 9.17) is 5.11 Å². The molecule has 1 aromatic carbocycles. The average molecular weight is 329 g/mol. The van der Waals surface area contributed by atoms with E-state index in [1.165, 1.54) is 6.20 Å². The third kappa shape index (κ3) is 3.69. The smallest absolute Gasteiger partial charge is 0.317 e. The number of nitrogens with zero attached hydrogens (tertiary/aromatic N) is 3. The number of amides is 1. The van der Waals surface area contributed by atoms with Gasteiger partial charge in [-0.15, -0.1) is 0 Å². The van der Waals surface area contributed by atoms with Gasteiger partial charge in [-0.1, -0.05) is 18.2 Å². The highest BCUT2D eigenvalue weighted by Crippen LogP contribution is 2.15. The fourth-order valence-electron chi connectivity index (χ4n) is 2.94. The summed E-state index contributed by atoms with van der Waals surface area (Å²) in [4.78, 5) is 31.0. The fourth-order valence-corrected chi connectivity index (χ4v) is 2.94. The van der Waals surface area contributed by atoms with Crippen molar-refractivity contribution in [3.8, 4) is 0 Å². The number of rotatable bonds is 3. The Balaban J connectivity index is 1.76. The molecule has 1 saturated heterocycles. The summed E-state index contributed by atoms with van der Waals surface area (Å²) < 4.78 is 0. The number of para-hydroxylation sites is 1. The summed E-state index contributed by atoms with van der Waals surface area (Å²) >= 11 is 0. The van der Waals surface area contributed by atoms with Gasteiger partial charge < -0.3 is 15.1 Å². The van der Waals surface area contributed by atoms with Crippen LogP contribution in [-0.2, 0) is 4.79 Å². The van der Waals surface area contributed by atoms with Gasteiger partial charge in [0, 0.05) is 37.8 Å². The highest BCUT2D eigenvalue weighted by Gasteiger charge is 2.26. The number of pyridine rings is 1. The van der Waals surface area contributed by atoms with E-state index >= 15 is 0 Å². The molecule has 3 rings (SSSR count). The first-order valence-corrected chi connectivity index (χ1v) is 7.79. The number of β-amino-alcohol motifs (C(OH)–C–C–N with tert-alkyl or cyclic N) is 1. The van der Waals surface area contributed by atoms with Gasteiger partial charge in [-0.25, -0.2) is 0 Å². The van der Waals surface area contributed by atoms with Crippen molar-refractivity contribution in [2.75, 3.05) is 32.7 Å². The first kappa shape index (κ1) is 16.4. The summed E-state index contributed by atoms with van der Waals surface area (Å²) in [7, 11) is 0. The first-order valence-electron chi connectivity index (χ1n) is 7.79. The quantitative estimate of drug-likeness (QED) is 0.848. The van der Waals surface area contributed by atoms with Crippen molar-refractivity contribution in [2.45, 2.75) is 6.10 Å². The highest BCUT2D eigenvalue weighted by atomic mass is 16.4. The third-order valence-electron chi connectivity index (χ3n) is 4.07. The van der Waals surface area contributed by atoms with Crippen LogP contribution in [0.3, 0.4) is 0 Å². The summed E-state index contributed by atoms with van der Waals surface area (Å²) in [6, 6.07) is 9.34. The van der Waals surface area contributed by atoms with Crippen LogP contribution in [0.5, 0.6) is 0 Å². The molecule has 0 spiro atoms. The molecule has 24 heavy (non-hydrogen) atoms. The molecule has 7 nitrogen and oxygen atoms in total. The molecule has 2 N–H and O–H groups in total. The SMILES string of the molecule is O=C(O)CN1CCN(C(=O)c2cnc3ccccc3c2)C[C@H](O)C1. The van der Waals surface area contributed by atoms with Gasteiger partial charge in [-0.2, -0.15) is 0 Å². The zero-order chi connectivity index (χ0) is 17.1. The number of aliphatic hydroxyl groups excluding tert-OH is 1. The Hall–Kier alpha value is -2.51. The second-order valence-electron chi connectivity index (χ2n) is 5.95. The van der Waals surface area contributed by atoms with E-state index in [0.717, 1.165) is 10.9 Å². The van der Waals surface area contributed by atoms with Gasteiger partial charge >= 0.3 is 5.97 Å². The van der Waals surface area contributed by atoms with E-state index in [-0.39, 0.29) is 25.5 Å². The number of carboxylic acid groups (broad SMARTS) is 1. The summed E-state index contributed by atoms with van der Waals surface area (Å²) in [6.45, 7) is 1.07. The number of carbonyl (C=O) groups excluding carboxylic acids is 1. The number of carbonyl (C=O) groups is 2. The normalized spacial score (nSPS) is 19.2. The third-order valence-corrected chi connectivity index (χ3v) is 4.07. The lowest BCUT2D eigenvalue weighted by Crippen LogP contribution is -2.37. The first-order chi connectivity index (χ1) is 11.5. The minimum atomic E-state index is -0.944. The molecule has 7 heteroatoms. The van der Waals surface area contributed by atoms with Crippen LogP contribution in [0.1, 0.15) is 10.4 Å². The van der Waals surface area contributed by atoms with Crippen molar-refractivity contribution in [1.29, 1.82) is 0 Å². The lowest BCUT2D eigenvalue weighted by atomic mass is 10.1. The minimum absolute atomic E-state index is 0.142. The van der Waals surface area contributed by atoms with E-state index in [9.17, 15) is 14.7 Å². The van der Waals surface area contributed by atoms with Crippen LogP contribution in [0, 0.1) is 0 Å². The van der Waals surface area contributed by atoms with Gasteiger partial charge in [0.15, 0.2) is 0 Å². The molecule has 2 aromatic rings. The zero-order valence-corrected chi connectivity index (χ0v) is 13.1. The van der Waals surface area contributed by atoms with Crippen LogP contribution in [0.15, 0.2) is 36.5 Å². The van der Waals surface area contributed by atoms with Crippen molar-refractivity contribution >= 4 is 22.8 Å². The lowest BCUT2D eigenvalue weighted by molar-refractivity contribution is -0.138. The number of aromatic nitrogens is 1. The maximum atomic E-state index is 12.7. The number of aliphatic hydroxyl groups is 1. The molecular formula is C17H19N3O4. The number of hydrogen-bond acceptors (Lipinski definition) is 5. The van der Waals surface area contributed by atoms with Gasteiger partial charge in [-0.05, 0) is 12.1 Å². The monoisotopic (exact) mass is 329 g/mol. The maximum Gasteiger partial charge on any atom is 0.317 e. The molecule has 1 aliphatic heterocycles. The molecule has 0 radical (unpaired) electrons. The van der Waals surface area contributed by atoms with Gasteiger partial charge in [-0.3, -0.25) is 19.5 Å². The maximum absolute atomic E-state index is 12.7. The number of benzene rings is 1. The van der Waals surface area contributed by atoms with Gasteiger partial charge in [0.1, 0.15) is 0 Å². The number of fused-ring (bicyclic) bond motifs is 1. The van der Waals surface area contributed by atoms with Crippen molar-refractivity contribution in [2.24, 2.45) is 0 Å². The van der Waals surface area contributed by atoms with Crippen LogP contribution in [0.4, 0.5) is 0 Å². The second-order valence-corrected chi connectivity index (χ2v) is 5.95. The summed E-state index contributed by atoms with van der Waals surface area (Å²) in [5.41, 5.74) is 1.28. The molecule has 1 fully saturated rings. The zero-order valence-electron chi connectivity index (χ0n) is 13.1. The van der Waals surface area contributed by atoms with E-state index < -0.39 is 12.1 Å². The molecule has 1 amide bonds. The van der Waals surface area contributed by atoms with E-state index in [1.807, 2.05) is 24.3 Å². The molecule has 2 heterocycles. The van der Waals surface area contributed by atoms with Crippen molar-refractivity contribution in [3.05, 3.63) is 42.1 Å². The van der Waals surface area contributed by atoms with Crippen LogP contribution >= 0.6 is 0 Å². The molecule has 0 bridgehead atoms. The predicted molar refractivity (Wildman–Crippen MR) is 87.7 cm³/mol. The predicted octanol–water partition coefficient (Wildman–Crippen LogP) is 0.438. The Labute approximate surface area is 139 Å². The van der Waals surface area contributed by atoms with Crippen molar-refractivity contribution < 1.29 is 19.8 Å². The number of carboxylic acids is 1. The molecule has 126 valence electrons. The topological polar surface area (TPSA) is 94.0 Å². The second kappa shape index (κ2) is 6.94. The van der Waals surface area contributed by atoms with Crippen LogP contribution in [-0.4, -0.2) is 75.7 Å². The van der Waals surface area contributed by atoms with Crippen molar-refractivity contribution in [1.82, 2.24) is 14.8 Å². The molecule has 0 aliphatic carbocycles. The Bertz CT molecular complexity index is 764. The largest absolute Gasteiger partial charge is 0.480 e. The van der Waals surface area contributed by atoms with Crippen LogP contribution in [0.2, 0.25) is 0 Å². The summed E-state index contributed by atoms with van der Waals surface area (Å²) in [5, 5.41) is 19.8. The van der Waals surface area contributed by atoms with Crippen molar-refractivity contribution in [3.63, 3.8) is 0 Å². The molecular weight excluding hydrogens is 310 g/mol. The van der Waals surface area contributed by atoms with E-state index in [0.29, 0.717) is 18.7 Å². The molecule has 1 aromatic heterocycles. The van der Waals surface area contributed by atoms with Crippen LogP contribution in [0.25, 0.3) is 10.9 Å². The van der Waals surface area contributed by atoms with E-state index in [2.05, 4.69) is 4.98 Å². The lowest BCUT2D eigenvalue weighted by Gasteiger charge is -2.21. The van der Waals surface area contributed by atoms with Gasteiger partial charge in [0.2, 0.25) is 0 Å². The fraction of sp³-hybridized carbons (Fsp3) is 0.353. The Kier molecular flexibility index (Phi) is 4.73. The summed E-state index contributed by atoms with van der Waals surface area (Å²) in [6.07, 6.45) is 0.765. The number of aliphatic carboxylic acids is 1. The Morgan fingerprint density at radius 3 is 2.79 bits per heavy atom. The highest BCUT2D eigenvalue weighted by molar-refractivity contribution is 5.97. The molecule has 1 atom stereocenters. The molecule has 0 saturated carbocycles. The Morgan fingerprint density at radius 2 is 2.00 bits per heavy atom. The molecule has 0 unspecified atom stereocenters. The minimum Gasteiger partial charge on any atom is -0.480 e. The number of hydrogen-bond donors (Lipinski definition) is 2. The van der Waals surface area contributed by atoms with E-state index in [1.54, 1.807) is 15.9 Å². The summed E-state index contributed by atoms with van der Waals surface area (Å²) in [5.74, 6) is -1.15. The van der Waals surface area contributed by atoms with Gasteiger partial charge in [0.05, 0.1) is 23.7 Å². The standard InChI is InChI=1S/C17H19N3O4/c21-14-9-19(11-16(22)23)5-6-20(10-14)17(24)13-7-12-3-1-2-4-15(12)18-8-13/h1-4,7-8,14,21H,5-6,9-11H2,(H,22,23)/t14-/m1/s1. The Morgan fingerprint density at radius 1 is 1.21 bits per heavy atom.